The van der Waals surface area contributed by atoms with E-state index in [9.17, 15) is 0 Å². The third-order valence-corrected chi connectivity index (χ3v) is 3.45. The number of hydrogen-bond acceptors (Lipinski definition) is 4. The summed E-state index contributed by atoms with van der Waals surface area (Å²) in [7, 11) is 0. The van der Waals surface area contributed by atoms with Gasteiger partial charge in [-0.1, -0.05) is 30.3 Å². The first-order valence-electron chi connectivity index (χ1n) is 6.29. The van der Waals surface area contributed by atoms with Crippen LogP contribution in [0.15, 0.2) is 57.7 Å². The van der Waals surface area contributed by atoms with Crippen LogP contribution < -0.4 is 15.5 Å². The van der Waals surface area contributed by atoms with Crippen LogP contribution in [-0.4, -0.2) is 6.67 Å². The molecule has 92 valence electrons. The zero-order valence-electron chi connectivity index (χ0n) is 10.3. The first-order valence-corrected chi connectivity index (χ1v) is 6.29. The molecule has 0 aliphatic carbocycles. The van der Waals surface area contributed by atoms with Gasteiger partial charge in [-0.25, -0.2) is 0 Å². The van der Waals surface area contributed by atoms with Crippen molar-refractivity contribution < 1.29 is 0 Å². The number of anilines is 1. The predicted molar refractivity (Wildman–Crippen MR) is 73.7 cm³/mol. The van der Waals surface area contributed by atoms with Crippen LogP contribution in [0.25, 0.3) is 6.20 Å². The van der Waals surface area contributed by atoms with Gasteiger partial charge in [0.2, 0.25) is 0 Å². The normalized spacial score (nSPS) is 14.8. The summed E-state index contributed by atoms with van der Waals surface area (Å²) in [6.07, 6.45) is 1.80. The number of rotatable bonds is 2. The Bertz CT molecular complexity index is 778. The Morgan fingerprint density at radius 2 is 2.00 bits per heavy atom. The number of fused-ring (bicyclic) bond motifs is 2. The molecule has 0 amide bonds. The van der Waals surface area contributed by atoms with Crippen molar-refractivity contribution >= 4 is 17.6 Å². The van der Waals surface area contributed by atoms with Crippen LogP contribution in [0.1, 0.15) is 5.56 Å². The van der Waals surface area contributed by atoms with E-state index in [2.05, 4.69) is 50.5 Å². The Labute approximate surface area is 110 Å². The summed E-state index contributed by atoms with van der Waals surface area (Å²) < 4.78 is 0. The number of hydrogen-bond donors (Lipinski definition) is 0. The highest BCUT2D eigenvalue weighted by Crippen LogP contribution is 2.19. The molecule has 0 aromatic heterocycles. The van der Waals surface area contributed by atoms with Crippen LogP contribution in [0, 0.1) is 0 Å². The van der Waals surface area contributed by atoms with Gasteiger partial charge in [-0.05, 0) is 17.7 Å². The molecular formula is C15H12N4. The van der Waals surface area contributed by atoms with Crippen molar-refractivity contribution in [1.29, 1.82) is 0 Å². The van der Waals surface area contributed by atoms with Crippen molar-refractivity contribution in [2.24, 2.45) is 15.2 Å². The lowest BCUT2D eigenvalue weighted by atomic mass is 10.2. The summed E-state index contributed by atoms with van der Waals surface area (Å²) in [5.74, 6) is 0. The van der Waals surface area contributed by atoms with Crippen LogP contribution in [0.4, 0.5) is 11.4 Å². The number of azo groups is 1. The van der Waals surface area contributed by atoms with Crippen LogP contribution in [0.5, 0.6) is 0 Å². The molecule has 0 fully saturated rings. The van der Waals surface area contributed by atoms with Gasteiger partial charge in [-0.3, -0.25) is 4.99 Å². The molecule has 0 atom stereocenters. The van der Waals surface area contributed by atoms with Gasteiger partial charge in [0, 0.05) is 11.8 Å². The Morgan fingerprint density at radius 1 is 1.11 bits per heavy atom. The minimum atomic E-state index is 0.713. The van der Waals surface area contributed by atoms with Gasteiger partial charge < -0.3 is 4.90 Å². The smallest absolute Gasteiger partial charge is 0.111 e. The Kier molecular flexibility index (Phi) is 2.21. The van der Waals surface area contributed by atoms with Gasteiger partial charge in [0.05, 0.1) is 22.9 Å². The first kappa shape index (κ1) is 10.4. The van der Waals surface area contributed by atoms with Crippen molar-refractivity contribution in [3.05, 3.63) is 58.6 Å². The molecular weight excluding hydrogens is 236 g/mol. The second kappa shape index (κ2) is 4.02. The van der Waals surface area contributed by atoms with Gasteiger partial charge >= 0.3 is 0 Å². The molecule has 0 N–H and O–H groups in total. The summed E-state index contributed by atoms with van der Waals surface area (Å²) in [5.41, 5.74) is 3.39. The molecule has 4 rings (SSSR count). The van der Waals surface area contributed by atoms with E-state index in [1.807, 2.05) is 12.1 Å². The van der Waals surface area contributed by atoms with Crippen molar-refractivity contribution in [1.82, 2.24) is 0 Å². The van der Waals surface area contributed by atoms with Crippen LogP contribution in [0.3, 0.4) is 0 Å². The van der Waals surface area contributed by atoms with E-state index in [0.717, 1.165) is 22.8 Å². The van der Waals surface area contributed by atoms with E-state index in [1.54, 1.807) is 6.20 Å². The summed E-state index contributed by atoms with van der Waals surface area (Å²) in [5, 5.41) is 10.1. The van der Waals surface area contributed by atoms with Crippen molar-refractivity contribution in [2.75, 3.05) is 11.6 Å². The predicted octanol–water partition coefficient (Wildman–Crippen LogP) is 2.12. The molecule has 0 saturated heterocycles. The molecule has 4 heteroatoms. The topological polar surface area (TPSA) is 40.3 Å². The van der Waals surface area contributed by atoms with Crippen LogP contribution in [-0.2, 0) is 6.54 Å². The molecule has 0 saturated carbocycles. The van der Waals surface area contributed by atoms with Crippen molar-refractivity contribution in [2.45, 2.75) is 6.54 Å². The highest BCUT2D eigenvalue weighted by molar-refractivity contribution is 5.58. The van der Waals surface area contributed by atoms with Crippen molar-refractivity contribution in [3.63, 3.8) is 0 Å². The summed E-state index contributed by atoms with van der Waals surface area (Å²) >= 11 is 0. The molecule has 0 radical (unpaired) electrons. The standard InChI is InChI=1S/C15H12N4/c1-2-4-11(5-3-1)9-19-10-16-14-7-13-12(6-15(14)19)8-17-18-13/h1-8H,9-10H2. The van der Waals surface area contributed by atoms with E-state index in [-0.39, 0.29) is 0 Å². The van der Waals surface area contributed by atoms with Crippen LogP contribution >= 0.6 is 0 Å². The molecule has 19 heavy (non-hydrogen) atoms. The Hall–Kier alpha value is -2.49. The lowest BCUT2D eigenvalue weighted by Crippen LogP contribution is -2.22. The highest BCUT2D eigenvalue weighted by Gasteiger charge is 2.16. The zero-order valence-corrected chi connectivity index (χ0v) is 10.3. The largest absolute Gasteiger partial charge is 0.346 e. The lowest BCUT2D eigenvalue weighted by Gasteiger charge is -2.18. The SMILES string of the molecule is C1=c2cc3c(cc2N=N1)=NCN3Cc1ccccc1. The summed E-state index contributed by atoms with van der Waals surface area (Å²) in [6, 6.07) is 14.6. The van der Waals surface area contributed by atoms with Gasteiger partial charge in [-0.15, -0.1) is 0 Å². The molecule has 2 aromatic carbocycles. The molecule has 2 aliphatic heterocycles. The van der Waals surface area contributed by atoms with Gasteiger partial charge in [-0.2, -0.15) is 10.2 Å². The molecule has 0 spiro atoms. The fraction of sp³-hybridized carbons (Fsp3) is 0.133. The summed E-state index contributed by atoms with van der Waals surface area (Å²) in [4.78, 5) is 6.84. The third-order valence-electron chi connectivity index (χ3n) is 3.45. The molecule has 0 unspecified atom stereocenters. The maximum atomic E-state index is 4.56. The average molecular weight is 248 g/mol. The van der Waals surface area contributed by atoms with Crippen LogP contribution in [0.2, 0.25) is 0 Å². The second-order valence-corrected chi connectivity index (χ2v) is 4.73. The van der Waals surface area contributed by atoms with Gasteiger partial charge in [0.25, 0.3) is 0 Å². The fourth-order valence-corrected chi connectivity index (χ4v) is 2.48. The fourth-order valence-electron chi connectivity index (χ4n) is 2.48. The Morgan fingerprint density at radius 3 is 2.89 bits per heavy atom. The minimum Gasteiger partial charge on any atom is -0.346 e. The Balaban J connectivity index is 1.72. The molecule has 2 aromatic rings. The summed E-state index contributed by atoms with van der Waals surface area (Å²) in [6.45, 7) is 1.59. The van der Waals surface area contributed by atoms with E-state index >= 15 is 0 Å². The van der Waals surface area contributed by atoms with Gasteiger partial charge in [0.1, 0.15) is 6.67 Å². The average Bonchev–Trinajstić information content (AvgIpc) is 3.05. The maximum Gasteiger partial charge on any atom is 0.111 e. The van der Waals surface area contributed by atoms with E-state index in [0.29, 0.717) is 6.67 Å². The minimum absolute atomic E-state index is 0.713. The molecule has 2 aliphatic rings. The second-order valence-electron chi connectivity index (χ2n) is 4.73. The quantitative estimate of drug-likeness (QED) is 0.802. The highest BCUT2D eigenvalue weighted by atomic mass is 15.2. The number of nitrogens with zero attached hydrogens (tertiary/aromatic N) is 4. The molecule has 2 heterocycles. The van der Waals surface area contributed by atoms with Crippen molar-refractivity contribution in [3.8, 4) is 0 Å². The number of benzene rings is 2. The maximum absolute atomic E-state index is 4.56. The zero-order chi connectivity index (χ0) is 12.7. The van der Waals surface area contributed by atoms with E-state index in [1.165, 1.54) is 11.3 Å². The molecule has 4 nitrogen and oxygen atoms in total. The third kappa shape index (κ3) is 1.73. The lowest BCUT2D eigenvalue weighted by molar-refractivity contribution is 0.839. The monoisotopic (exact) mass is 248 g/mol. The van der Waals surface area contributed by atoms with E-state index in [4.69, 9.17) is 0 Å². The van der Waals surface area contributed by atoms with Gasteiger partial charge in [0.15, 0.2) is 0 Å². The first-order chi connectivity index (χ1) is 9.40. The van der Waals surface area contributed by atoms with E-state index < -0.39 is 0 Å². The molecule has 0 bridgehead atoms.